The molecule has 0 aromatic heterocycles. The fraction of sp³-hybridized carbons (Fsp3) is 0.143. The summed E-state index contributed by atoms with van der Waals surface area (Å²) in [7, 11) is -4.15. The van der Waals surface area contributed by atoms with E-state index in [1.165, 1.54) is 31.2 Å². The SMILES string of the molecule is CC(NS(=O)(=O)c1cc(N)ccc1F)c1ccccc1F. The summed E-state index contributed by atoms with van der Waals surface area (Å²) in [5, 5.41) is 0. The Labute approximate surface area is 121 Å². The number of nitrogens with one attached hydrogen (secondary N) is 1. The maximum absolute atomic E-state index is 13.6. The number of hydrogen-bond acceptors (Lipinski definition) is 3. The maximum atomic E-state index is 13.6. The minimum Gasteiger partial charge on any atom is -0.399 e. The van der Waals surface area contributed by atoms with E-state index in [9.17, 15) is 17.2 Å². The van der Waals surface area contributed by atoms with Gasteiger partial charge in [0.25, 0.3) is 0 Å². The van der Waals surface area contributed by atoms with E-state index < -0.39 is 32.6 Å². The van der Waals surface area contributed by atoms with Crippen LogP contribution in [0.1, 0.15) is 18.5 Å². The Bertz CT molecular complexity index is 763. The van der Waals surface area contributed by atoms with Gasteiger partial charge in [-0.1, -0.05) is 18.2 Å². The van der Waals surface area contributed by atoms with Crippen molar-refractivity contribution >= 4 is 15.7 Å². The van der Waals surface area contributed by atoms with Crippen molar-refractivity contribution in [3.8, 4) is 0 Å². The Morgan fingerprint density at radius 1 is 1.10 bits per heavy atom. The van der Waals surface area contributed by atoms with E-state index in [0.717, 1.165) is 12.1 Å². The number of halogens is 2. The van der Waals surface area contributed by atoms with Crippen molar-refractivity contribution in [1.82, 2.24) is 4.72 Å². The molecule has 0 spiro atoms. The lowest BCUT2D eigenvalue weighted by Crippen LogP contribution is -2.28. The summed E-state index contributed by atoms with van der Waals surface area (Å²) in [6, 6.07) is 8.16. The number of anilines is 1. The van der Waals surface area contributed by atoms with Gasteiger partial charge in [-0.15, -0.1) is 0 Å². The molecule has 0 fully saturated rings. The molecule has 0 aliphatic rings. The van der Waals surface area contributed by atoms with Gasteiger partial charge in [0.15, 0.2) is 0 Å². The molecule has 0 bridgehead atoms. The Morgan fingerprint density at radius 2 is 1.76 bits per heavy atom. The molecule has 0 aliphatic heterocycles. The van der Waals surface area contributed by atoms with Crippen LogP contribution in [0.5, 0.6) is 0 Å². The summed E-state index contributed by atoms with van der Waals surface area (Å²) in [4.78, 5) is -0.564. The summed E-state index contributed by atoms with van der Waals surface area (Å²) in [5.41, 5.74) is 5.76. The van der Waals surface area contributed by atoms with Crippen LogP contribution in [0.2, 0.25) is 0 Å². The second-order valence-corrected chi connectivity index (χ2v) is 6.24. The number of hydrogen-bond donors (Lipinski definition) is 2. The Balaban J connectivity index is 2.34. The highest BCUT2D eigenvalue weighted by atomic mass is 32.2. The van der Waals surface area contributed by atoms with Gasteiger partial charge in [0.2, 0.25) is 10.0 Å². The highest BCUT2D eigenvalue weighted by molar-refractivity contribution is 7.89. The quantitative estimate of drug-likeness (QED) is 0.852. The number of sulfonamides is 1. The van der Waals surface area contributed by atoms with E-state index in [1.54, 1.807) is 6.07 Å². The van der Waals surface area contributed by atoms with Gasteiger partial charge in [0.1, 0.15) is 16.5 Å². The zero-order valence-electron chi connectivity index (χ0n) is 11.2. The lowest BCUT2D eigenvalue weighted by atomic mass is 10.1. The monoisotopic (exact) mass is 312 g/mol. The minimum absolute atomic E-state index is 0.121. The lowest BCUT2D eigenvalue weighted by molar-refractivity contribution is 0.537. The van der Waals surface area contributed by atoms with Crippen LogP contribution in [-0.4, -0.2) is 8.42 Å². The van der Waals surface area contributed by atoms with Gasteiger partial charge < -0.3 is 5.73 Å². The van der Waals surface area contributed by atoms with Crippen molar-refractivity contribution in [3.63, 3.8) is 0 Å². The first-order chi connectivity index (χ1) is 9.81. The zero-order valence-corrected chi connectivity index (χ0v) is 12.0. The molecular formula is C14H14F2N2O2S. The number of nitrogen functional groups attached to an aromatic ring is 1. The van der Waals surface area contributed by atoms with E-state index >= 15 is 0 Å². The molecule has 1 atom stereocenters. The number of rotatable bonds is 4. The average molecular weight is 312 g/mol. The van der Waals surface area contributed by atoms with Gasteiger partial charge in [-0.05, 0) is 31.2 Å². The van der Waals surface area contributed by atoms with Gasteiger partial charge >= 0.3 is 0 Å². The average Bonchev–Trinajstić information content (AvgIpc) is 2.41. The highest BCUT2D eigenvalue weighted by Gasteiger charge is 2.23. The predicted octanol–water partition coefficient (Wildman–Crippen LogP) is 2.59. The van der Waals surface area contributed by atoms with Crippen molar-refractivity contribution in [2.24, 2.45) is 0 Å². The molecule has 2 aromatic carbocycles. The predicted molar refractivity (Wildman–Crippen MR) is 75.9 cm³/mol. The molecule has 0 heterocycles. The highest BCUT2D eigenvalue weighted by Crippen LogP contribution is 2.22. The third-order valence-electron chi connectivity index (χ3n) is 2.95. The molecule has 0 saturated carbocycles. The number of nitrogens with two attached hydrogens (primary N) is 1. The van der Waals surface area contributed by atoms with Crippen molar-refractivity contribution in [1.29, 1.82) is 0 Å². The molecule has 3 N–H and O–H groups in total. The molecule has 0 aliphatic carbocycles. The van der Waals surface area contributed by atoms with Crippen LogP contribution < -0.4 is 10.5 Å². The molecule has 0 amide bonds. The van der Waals surface area contributed by atoms with Gasteiger partial charge in [-0.2, -0.15) is 0 Å². The van der Waals surface area contributed by atoms with E-state index in [2.05, 4.69) is 4.72 Å². The summed E-state index contributed by atoms with van der Waals surface area (Å²) < 4.78 is 53.9. The topological polar surface area (TPSA) is 72.2 Å². The fourth-order valence-electron chi connectivity index (χ4n) is 1.91. The van der Waals surface area contributed by atoms with E-state index in [1.807, 2.05) is 0 Å². The minimum atomic E-state index is -4.15. The fourth-order valence-corrected chi connectivity index (χ4v) is 3.25. The summed E-state index contributed by atoms with van der Waals surface area (Å²) in [5.74, 6) is -1.46. The normalized spacial score (nSPS) is 13.1. The van der Waals surface area contributed by atoms with E-state index in [-0.39, 0.29) is 11.3 Å². The molecule has 0 saturated heterocycles. The molecule has 0 radical (unpaired) electrons. The second-order valence-electron chi connectivity index (χ2n) is 4.55. The molecule has 21 heavy (non-hydrogen) atoms. The lowest BCUT2D eigenvalue weighted by Gasteiger charge is -2.16. The van der Waals surface area contributed by atoms with Crippen LogP contribution in [0.15, 0.2) is 47.4 Å². The molecule has 112 valence electrons. The summed E-state index contributed by atoms with van der Waals surface area (Å²) in [6.07, 6.45) is 0. The van der Waals surface area contributed by atoms with Crippen LogP contribution in [0.25, 0.3) is 0 Å². The van der Waals surface area contributed by atoms with Crippen LogP contribution in [0.4, 0.5) is 14.5 Å². The molecule has 4 nitrogen and oxygen atoms in total. The second kappa shape index (κ2) is 5.79. The van der Waals surface area contributed by atoms with Crippen LogP contribution in [0.3, 0.4) is 0 Å². The zero-order chi connectivity index (χ0) is 15.6. The number of benzene rings is 2. The molecule has 2 aromatic rings. The summed E-state index contributed by atoms with van der Waals surface area (Å²) >= 11 is 0. The molecular weight excluding hydrogens is 298 g/mol. The summed E-state index contributed by atoms with van der Waals surface area (Å²) in [6.45, 7) is 1.47. The third-order valence-corrected chi connectivity index (χ3v) is 4.50. The van der Waals surface area contributed by atoms with Gasteiger partial charge in [-0.3, -0.25) is 0 Å². The van der Waals surface area contributed by atoms with Crippen molar-refractivity contribution in [3.05, 3.63) is 59.7 Å². The molecule has 2 rings (SSSR count). The van der Waals surface area contributed by atoms with Gasteiger partial charge in [0, 0.05) is 17.3 Å². The van der Waals surface area contributed by atoms with Gasteiger partial charge in [-0.25, -0.2) is 21.9 Å². The Morgan fingerprint density at radius 3 is 2.43 bits per heavy atom. The Hall–Kier alpha value is -1.99. The van der Waals surface area contributed by atoms with E-state index in [4.69, 9.17) is 5.73 Å². The smallest absolute Gasteiger partial charge is 0.244 e. The third kappa shape index (κ3) is 3.37. The standard InChI is InChI=1S/C14H14F2N2O2S/c1-9(11-4-2-3-5-12(11)15)18-21(19,20)14-8-10(17)6-7-13(14)16/h2-9,18H,17H2,1H3. The first-order valence-electron chi connectivity index (χ1n) is 6.13. The van der Waals surface area contributed by atoms with Crippen molar-refractivity contribution in [2.45, 2.75) is 17.9 Å². The van der Waals surface area contributed by atoms with E-state index in [0.29, 0.717) is 0 Å². The van der Waals surface area contributed by atoms with Crippen LogP contribution >= 0.6 is 0 Å². The van der Waals surface area contributed by atoms with Crippen LogP contribution in [0, 0.1) is 11.6 Å². The van der Waals surface area contributed by atoms with Crippen molar-refractivity contribution < 1.29 is 17.2 Å². The first kappa shape index (κ1) is 15.4. The Kier molecular flexibility index (Phi) is 4.24. The largest absolute Gasteiger partial charge is 0.399 e. The van der Waals surface area contributed by atoms with Crippen LogP contribution in [-0.2, 0) is 10.0 Å². The molecule has 7 heteroatoms. The van der Waals surface area contributed by atoms with Crippen molar-refractivity contribution in [2.75, 3.05) is 5.73 Å². The first-order valence-corrected chi connectivity index (χ1v) is 7.61. The maximum Gasteiger partial charge on any atom is 0.244 e. The van der Waals surface area contributed by atoms with Gasteiger partial charge in [0.05, 0.1) is 0 Å². The molecule has 1 unspecified atom stereocenters.